The average molecular weight is 335 g/mol. The summed E-state index contributed by atoms with van der Waals surface area (Å²) in [6.45, 7) is 8.51. The Morgan fingerprint density at radius 2 is 2.04 bits per heavy atom. The molecule has 2 heterocycles. The third-order valence-electron chi connectivity index (χ3n) is 6.07. The summed E-state index contributed by atoms with van der Waals surface area (Å²) >= 11 is 0. The molecule has 4 rings (SSSR count). The van der Waals surface area contributed by atoms with E-state index in [1.807, 2.05) is 30.5 Å². The van der Waals surface area contributed by atoms with Crippen LogP contribution in [0.3, 0.4) is 0 Å². The van der Waals surface area contributed by atoms with E-state index < -0.39 is 6.04 Å². The lowest BCUT2D eigenvalue weighted by Crippen LogP contribution is -2.49. The van der Waals surface area contributed by atoms with Gasteiger partial charge in [0.05, 0.1) is 5.56 Å². The van der Waals surface area contributed by atoms with Crippen LogP contribution in [0.15, 0.2) is 30.5 Å². The molecule has 1 aromatic carbocycles. The van der Waals surface area contributed by atoms with Crippen molar-refractivity contribution in [3.05, 3.63) is 47.4 Å². The van der Waals surface area contributed by atoms with Crippen LogP contribution >= 0.6 is 0 Å². The van der Waals surface area contributed by atoms with E-state index in [9.17, 15) is 4.79 Å². The Labute approximate surface area is 149 Å². The van der Waals surface area contributed by atoms with Gasteiger partial charge in [-0.1, -0.05) is 31.0 Å². The zero-order chi connectivity index (χ0) is 17.2. The Morgan fingerprint density at radius 3 is 2.92 bits per heavy atom. The number of carbonyl (C=O) groups excluding carboxylic acids is 1. The molecule has 0 radical (unpaired) electrons. The number of para-hydroxylation sites is 1. The monoisotopic (exact) mass is 335 g/mol. The van der Waals surface area contributed by atoms with Crippen LogP contribution in [0.2, 0.25) is 0 Å². The molecule has 25 heavy (non-hydrogen) atoms. The summed E-state index contributed by atoms with van der Waals surface area (Å²) in [6, 6.07) is 8.04. The summed E-state index contributed by atoms with van der Waals surface area (Å²) in [5.74, 6) is 0.855. The van der Waals surface area contributed by atoms with Gasteiger partial charge >= 0.3 is 0 Å². The second-order valence-electron chi connectivity index (χ2n) is 7.48. The topological polar surface area (TPSA) is 40.5 Å². The minimum Gasteiger partial charge on any atom is -0.361 e. The first-order valence-corrected chi connectivity index (χ1v) is 9.50. The fraction of sp³-hybridized carbons (Fsp3) is 0.524. The SMILES string of the molecule is [C-]#[N+]C(CC(=O)N1CCCC2CCCCC21)c1c[nH]c2ccccc12. The van der Waals surface area contributed by atoms with Crippen molar-refractivity contribution < 1.29 is 4.79 Å². The van der Waals surface area contributed by atoms with E-state index in [4.69, 9.17) is 6.57 Å². The van der Waals surface area contributed by atoms with Gasteiger partial charge < -0.3 is 14.7 Å². The maximum Gasteiger partial charge on any atom is 0.259 e. The lowest BCUT2D eigenvalue weighted by molar-refractivity contribution is -0.137. The molecule has 4 heteroatoms. The molecular formula is C21H25N3O. The lowest BCUT2D eigenvalue weighted by Gasteiger charge is -2.44. The highest BCUT2D eigenvalue weighted by Gasteiger charge is 2.37. The lowest BCUT2D eigenvalue weighted by atomic mass is 9.78. The van der Waals surface area contributed by atoms with Crippen LogP contribution in [0.4, 0.5) is 0 Å². The molecule has 4 nitrogen and oxygen atoms in total. The van der Waals surface area contributed by atoms with Crippen molar-refractivity contribution >= 4 is 16.8 Å². The van der Waals surface area contributed by atoms with E-state index in [-0.39, 0.29) is 5.91 Å². The van der Waals surface area contributed by atoms with Gasteiger partial charge in [0.2, 0.25) is 5.91 Å². The molecule has 2 fully saturated rings. The molecule has 0 bridgehead atoms. The number of hydrogen-bond acceptors (Lipinski definition) is 1. The molecule has 130 valence electrons. The second kappa shape index (κ2) is 6.92. The number of fused-ring (bicyclic) bond motifs is 2. The average Bonchev–Trinajstić information content (AvgIpc) is 3.09. The van der Waals surface area contributed by atoms with E-state index >= 15 is 0 Å². The number of nitrogens with zero attached hydrogens (tertiary/aromatic N) is 2. The second-order valence-corrected chi connectivity index (χ2v) is 7.48. The third kappa shape index (κ3) is 3.04. The molecule has 2 aromatic rings. The number of aromatic amines is 1. The molecule has 1 aliphatic heterocycles. The van der Waals surface area contributed by atoms with Gasteiger partial charge in [-0.2, -0.15) is 0 Å². The van der Waals surface area contributed by atoms with E-state index in [2.05, 4.69) is 14.7 Å². The number of carbonyl (C=O) groups is 1. The van der Waals surface area contributed by atoms with Crippen LogP contribution in [0.25, 0.3) is 15.7 Å². The molecule has 1 amide bonds. The maximum atomic E-state index is 13.0. The summed E-state index contributed by atoms with van der Waals surface area (Å²) < 4.78 is 0. The Morgan fingerprint density at radius 1 is 1.24 bits per heavy atom. The highest BCUT2D eigenvalue weighted by atomic mass is 16.2. The normalized spacial score (nSPS) is 24.5. The summed E-state index contributed by atoms with van der Waals surface area (Å²) in [5, 5.41) is 1.06. The molecule has 3 unspecified atom stereocenters. The van der Waals surface area contributed by atoms with Crippen LogP contribution in [0.5, 0.6) is 0 Å². The summed E-state index contributed by atoms with van der Waals surface area (Å²) in [7, 11) is 0. The molecule has 1 saturated carbocycles. The van der Waals surface area contributed by atoms with Gasteiger partial charge in [0.15, 0.2) is 0 Å². The number of piperidine rings is 1. The Kier molecular flexibility index (Phi) is 4.48. The minimum atomic E-state index is -0.396. The van der Waals surface area contributed by atoms with Crippen LogP contribution < -0.4 is 0 Å². The van der Waals surface area contributed by atoms with Gasteiger partial charge in [0.25, 0.3) is 6.04 Å². The van der Waals surface area contributed by atoms with E-state index in [1.54, 1.807) is 0 Å². The van der Waals surface area contributed by atoms with Gasteiger partial charge in [-0.25, -0.2) is 6.57 Å². The van der Waals surface area contributed by atoms with Gasteiger partial charge in [-0.05, 0) is 37.7 Å². The Balaban J connectivity index is 1.53. The molecular weight excluding hydrogens is 310 g/mol. The first-order valence-electron chi connectivity index (χ1n) is 9.50. The van der Waals surface area contributed by atoms with Crippen molar-refractivity contribution in [1.82, 2.24) is 9.88 Å². The standard InChI is InChI=1S/C21H25N3O/c1-22-19(17-14-23-18-10-4-3-9-16(17)18)13-21(25)24-12-6-8-15-7-2-5-11-20(15)24/h3-4,9-10,14-15,19-20,23H,2,5-8,11-13H2. The zero-order valence-corrected chi connectivity index (χ0v) is 14.6. The van der Waals surface area contributed by atoms with Crippen LogP contribution in [0.1, 0.15) is 56.6 Å². The number of hydrogen-bond donors (Lipinski definition) is 1. The van der Waals surface area contributed by atoms with Crippen LogP contribution in [-0.4, -0.2) is 28.4 Å². The highest BCUT2D eigenvalue weighted by molar-refractivity contribution is 5.85. The fourth-order valence-corrected chi connectivity index (χ4v) is 4.81. The Bertz CT molecular complexity index is 801. The van der Waals surface area contributed by atoms with Gasteiger partial charge in [0, 0.05) is 29.7 Å². The predicted molar refractivity (Wildman–Crippen MR) is 99.0 cm³/mol. The van der Waals surface area contributed by atoms with Crippen molar-refractivity contribution in [2.24, 2.45) is 5.92 Å². The Hall–Kier alpha value is -2.28. The van der Waals surface area contributed by atoms with Crippen molar-refractivity contribution in [2.45, 2.75) is 57.0 Å². The number of aromatic nitrogens is 1. The van der Waals surface area contributed by atoms with E-state index in [1.165, 1.54) is 25.7 Å². The highest BCUT2D eigenvalue weighted by Crippen LogP contribution is 2.37. The smallest absolute Gasteiger partial charge is 0.259 e. The number of rotatable bonds is 3. The third-order valence-corrected chi connectivity index (χ3v) is 6.07. The number of amides is 1. The first-order chi connectivity index (χ1) is 12.3. The van der Waals surface area contributed by atoms with Crippen molar-refractivity contribution in [2.75, 3.05) is 6.54 Å². The minimum absolute atomic E-state index is 0.169. The molecule has 2 aliphatic rings. The molecule has 1 N–H and O–H groups in total. The van der Waals surface area contributed by atoms with Gasteiger partial charge in [-0.3, -0.25) is 4.79 Å². The maximum absolute atomic E-state index is 13.0. The molecule has 0 spiro atoms. The summed E-state index contributed by atoms with van der Waals surface area (Å²) in [4.78, 5) is 22.2. The van der Waals surface area contributed by atoms with Crippen molar-refractivity contribution in [3.8, 4) is 0 Å². The number of benzene rings is 1. The van der Waals surface area contributed by atoms with Crippen LogP contribution in [-0.2, 0) is 4.79 Å². The predicted octanol–water partition coefficient (Wildman–Crippen LogP) is 4.70. The summed E-state index contributed by atoms with van der Waals surface area (Å²) in [6.07, 6.45) is 9.54. The van der Waals surface area contributed by atoms with E-state index in [0.717, 1.165) is 35.9 Å². The number of nitrogens with one attached hydrogen (secondary N) is 1. The van der Waals surface area contributed by atoms with Crippen LogP contribution in [0, 0.1) is 12.5 Å². The fourth-order valence-electron chi connectivity index (χ4n) is 4.81. The van der Waals surface area contributed by atoms with E-state index in [0.29, 0.717) is 18.4 Å². The van der Waals surface area contributed by atoms with Crippen molar-refractivity contribution in [1.29, 1.82) is 0 Å². The number of likely N-dealkylation sites (tertiary alicyclic amines) is 1. The summed E-state index contributed by atoms with van der Waals surface area (Å²) in [5.41, 5.74) is 1.99. The first kappa shape index (κ1) is 16.2. The van der Waals surface area contributed by atoms with Crippen molar-refractivity contribution in [3.63, 3.8) is 0 Å². The molecule has 1 saturated heterocycles. The molecule has 1 aliphatic carbocycles. The number of H-pyrrole nitrogens is 1. The quantitative estimate of drug-likeness (QED) is 0.812. The zero-order valence-electron chi connectivity index (χ0n) is 14.6. The molecule has 1 aromatic heterocycles. The largest absolute Gasteiger partial charge is 0.361 e. The molecule has 3 atom stereocenters. The van der Waals surface area contributed by atoms with Gasteiger partial charge in [-0.15, -0.1) is 0 Å². The van der Waals surface area contributed by atoms with Gasteiger partial charge in [0.1, 0.15) is 6.42 Å².